The largest absolute Gasteiger partial charge is 0.376 e. The minimum atomic E-state index is 0.261. The van der Waals surface area contributed by atoms with Crippen LogP contribution in [0.2, 0.25) is 0 Å². The number of hydrogen-bond acceptors (Lipinski definition) is 3. The fourth-order valence-electron chi connectivity index (χ4n) is 1.66. The highest BCUT2D eigenvalue weighted by Crippen LogP contribution is 2.23. The van der Waals surface area contributed by atoms with Gasteiger partial charge in [-0.05, 0) is 29.3 Å². The molecule has 1 aromatic rings. The molecule has 90 valence electrons. The smallest absolute Gasteiger partial charge is 0.105 e. The van der Waals surface area contributed by atoms with Gasteiger partial charge >= 0.3 is 0 Å². The Hall–Kier alpha value is -0.390. The van der Waals surface area contributed by atoms with Crippen LogP contribution in [0, 0.1) is 0 Å². The van der Waals surface area contributed by atoms with Crippen LogP contribution >= 0.6 is 15.9 Å². The third-order valence-corrected chi connectivity index (χ3v) is 3.67. The fourth-order valence-corrected chi connectivity index (χ4v) is 2.34. The molecule has 1 aliphatic rings. The number of halogens is 1. The summed E-state index contributed by atoms with van der Waals surface area (Å²) in [5.41, 5.74) is 2.23. The first-order valence-corrected chi connectivity index (χ1v) is 6.48. The summed E-state index contributed by atoms with van der Waals surface area (Å²) in [5.74, 6) is 0. The van der Waals surface area contributed by atoms with Gasteiger partial charge in [0.15, 0.2) is 0 Å². The molecular formula is C11H17BrN2O2. The SMILES string of the molecule is CCc1nn(CC)c(COC2COC2)c1Br. The second-order valence-corrected chi connectivity index (χ2v) is 4.64. The van der Waals surface area contributed by atoms with Gasteiger partial charge < -0.3 is 9.47 Å². The summed E-state index contributed by atoms with van der Waals surface area (Å²) in [6.07, 6.45) is 1.20. The number of aromatic nitrogens is 2. The van der Waals surface area contributed by atoms with E-state index in [9.17, 15) is 0 Å². The Balaban J connectivity index is 2.07. The first-order valence-electron chi connectivity index (χ1n) is 5.69. The number of nitrogens with zero attached hydrogens (tertiary/aromatic N) is 2. The van der Waals surface area contributed by atoms with Gasteiger partial charge in [-0.2, -0.15) is 5.10 Å². The summed E-state index contributed by atoms with van der Waals surface area (Å²) in [5, 5.41) is 4.53. The fraction of sp³-hybridized carbons (Fsp3) is 0.727. The number of rotatable bonds is 5. The normalized spacial score (nSPS) is 16.4. The van der Waals surface area contributed by atoms with Gasteiger partial charge in [0.1, 0.15) is 6.10 Å². The van der Waals surface area contributed by atoms with Crippen LogP contribution in [0.15, 0.2) is 4.47 Å². The van der Waals surface area contributed by atoms with Crippen molar-refractivity contribution in [3.05, 3.63) is 15.9 Å². The van der Waals surface area contributed by atoms with E-state index >= 15 is 0 Å². The minimum absolute atomic E-state index is 0.261. The lowest BCUT2D eigenvalue weighted by Gasteiger charge is -2.26. The first-order chi connectivity index (χ1) is 7.76. The molecule has 5 heteroatoms. The maximum Gasteiger partial charge on any atom is 0.105 e. The van der Waals surface area contributed by atoms with Crippen LogP contribution in [-0.4, -0.2) is 29.1 Å². The van der Waals surface area contributed by atoms with Crippen molar-refractivity contribution in [2.24, 2.45) is 0 Å². The number of hydrogen-bond donors (Lipinski definition) is 0. The maximum atomic E-state index is 5.73. The molecule has 1 aromatic heterocycles. The van der Waals surface area contributed by atoms with Crippen molar-refractivity contribution in [1.82, 2.24) is 9.78 Å². The molecule has 2 rings (SSSR count). The first kappa shape index (κ1) is 12.1. The molecule has 0 amide bonds. The lowest BCUT2D eigenvalue weighted by molar-refractivity contribution is -0.136. The molecule has 0 spiro atoms. The van der Waals surface area contributed by atoms with Crippen molar-refractivity contribution in [1.29, 1.82) is 0 Å². The van der Waals surface area contributed by atoms with Gasteiger partial charge in [-0.3, -0.25) is 4.68 Å². The molecule has 0 bridgehead atoms. The van der Waals surface area contributed by atoms with Crippen molar-refractivity contribution >= 4 is 15.9 Å². The molecule has 0 atom stereocenters. The van der Waals surface area contributed by atoms with Crippen LogP contribution in [-0.2, 0) is 29.0 Å². The summed E-state index contributed by atoms with van der Waals surface area (Å²) in [7, 11) is 0. The van der Waals surface area contributed by atoms with Crippen LogP contribution in [0.4, 0.5) is 0 Å². The van der Waals surface area contributed by atoms with Crippen LogP contribution in [0.1, 0.15) is 25.2 Å². The molecule has 4 nitrogen and oxygen atoms in total. The molecule has 1 fully saturated rings. The van der Waals surface area contributed by atoms with Crippen molar-refractivity contribution in [3.63, 3.8) is 0 Å². The Labute approximate surface area is 104 Å². The summed E-state index contributed by atoms with van der Waals surface area (Å²) in [6, 6.07) is 0. The van der Waals surface area contributed by atoms with Crippen molar-refractivity contribution in [2.75, 3.05) is 13.2 Å². The molecule has 0 aliphatic carbocycles. The molecule has 0 N–H and O–H groups in total. The standard InChI is InChI=1S/C11H17BrN2O2/c1-3-9-11(12)10(14(4-2)13-9)7-16-8-5-15-6-8/h8H,3-7H2,1-2H3. The topological polar surface area (TPSA) is 36.3 Å². The van der Waals surface area contributed by atoms with Crippen molar-refractivity contribution in [2.45, 2.75) is 39.5 Å². The van der Waals surface area contributed by atoms with E-state index in [0.29, 0.717) is 6.61 Å². The predicted octanol–water partition coefficient (Wildman–Crippen LogP) is 2.14. The van der Waals surface area contributed by atoms with Crippen molar-refractivity contribution in [3.8, 4) is 0 Å². The van der Waals surface area contributed by atoms with Gasteiger partial charge in [0.05, 0.1) is 35.7 Å². The zero-order valence-electron chi connectivity index (χ0n) is 9.70. The molecule has 2 heterocycles. The molecular weight excluding hydrogens is 272 g/mol. The van der Waals surface area contributed by atoms with Crippen LogP contribution < -0.4 is 0 Å². The molecule has 0 saturated carbocycles. The molecule has 1 aliphatic heterocycles. The highest BCUT2D eigenvalue weighted by molar-refractivity contribution is 9.10. The van der Waals surface area contributed by atoms with Gasteiger partial charge in [-0.1, -0.05) is 6.92 Å². The quantitative estimate of drug-likeness (QED) is 0.833. The van der Waals surface area contributed by atoms with Crippen LogP contribution in [0.3, 0.4) is 0 Å². The number of ether oxygens (including phenoxy) is 2. The van der Waals surface area contributed by atoms with E-state index < -0.39 is 0 Å². The van der Waals surface area contributed by atoms with E-state index in [1.54, 1.807) is 0 Å². The van der Waals surface area contributed by atoms with Gasteiger partial charge in [0.25, 0.3) is 0 Å². The second-order valence-electron chi connectivity index (χ2n) is 3.85. The maximum absolute atomic E-state index is 5.73. The van der Waals surface area contributed by atoms with Gasteiger partial charge in [0.2, 0.25) is 0 Å². The van der Waals surface area contributed by atoms with E-state index in [2.05, 4.69) is 34.9 Å². The highest BCUT2D eigenvalue weighted by atomic mass is 79.9. The van der Waals surface area contributed by atoms with Crippen LogP contribution in [0.5, 0.6) is 0 Å². The Morgan fingerprint density at radius 3 is 2.75 bits per heavy atom. The minimum Gasteiger partial charge on any atom is -0.376 e. The van der Waals surface area contributed by atoms with E-state index in [4.69, 9.17) is 9.47 Å². The monoisotopic (exact) mass is 288 g/mol. The molecule has 0 unspecified atom stereocenters. The Morgan fingerprint density at radius 1 is 1.50 bits per heavy atom. The second kappa shape index (κ2) is 5.29. The van der Waals surface area contributed by atoms with Gasteiger partial charge in [-0.15, -0.1) is 0 Å². The molecule has 0 aromatic carbocycles. The van der Waals surface area contributed by atoms with Gasteiger partial charge in [0, 0.05) is 6.54 Å². The highest BCUT2D eigenvalue weighted by Gasteiger charge is 2.21. The zero-order chi connectivity index (χ0) is 11.5. The average molecular weight is 289 g/mol. The summed E-state index contributed by atoms with van der Waals surface area (Å²) < 4.78 is 13.9. The Kier molecular flexibility index (Phi) is 4.00. The molecule has 16 heavy (non-hydrogen) atoms. The van der Waals surface area contributed by atoms with Gasteiger partial charge in [-0.25, -0.2) is 0 Å². The van der Waals surface area contributed by atoms with Crippen molar-refractivity contribution < 1.29 is 9.47 Å². The van der Waals surface area contributed by atoms with E-state index in [0.717, 1.165) is 42.0 Å². The lowest BCUT2D eigenvalue weighted by Crippen LogP contribution is -2.36. The lowest BCUT2D eigenvalue weighted by atomic mass is 10.3. The van der Waals surface area contributed by atoms with Crippen LogP contribution in [0.25, 0.3) is 0 Å². The van der Waals surface area contributed by atoms with E-state index in [1.165, 1.54) is 0 Å². The van der Waals surface area contributed by atoms with E-state index in [1.807, 2.05) is 4.68 Å². The number of aryl methyl sites for hydroxylation is 2. The van der Waals surface area contributed by atoms with E-state index in [-0.39, 0.29) is 6.10 Å². The third kappa shape index (κ3) is 2.31. The Morgan fingerprint density at radius 2 is 2.25 bits per heavy atom. The average Bonchev–Trinajstić information content (AvgIpc) is 2.53. The summed E-state index contributed by atoms with van der Waals surface area (Å²) in [4.78, 5) is 0. The molecule has 0 radical (unpaired) electrons. The summed E-state index contributed by atoms with van der Waals surface area (Å²) in [6.45, 7) is 7.12. The zero-order valence-corrected chi connectivity index (χ0v) is 11.3. The summed E-state index contributed by atoms with van der Waals surface area (Å²) >= 11 is 3.60. The third-order valence-electron chi connectivity index (χ3n) is 2.76. The predicted molar refractivity (Wildman–Crippen MR) is 64.4 cm³/mol. The molecule has 1 saturated heterocycles. The Bertz CT molecular complexity index is 361.